The molecule has 0 aliphatic heterocycles. The van der Waals surface area contributed by atoms with Crippen LogP contribution in [-0.4, -0.2) is 16.1 Å². The predicted octanol–water partition coefficient (Wildman–Crippen LogP) is 2.83. The van der Waals surface area contributed by atoms with E-state index in [9.17, 15) is 13.6 Å². The number of carbonyl (C=O) groups excluding carboxylic acids is 1. The monoisotopic (exact) mass is 256 g/mol. The summed E-state index contributed by atoms with van der Waals surface area (Å²) < 4.78 is 27.8. The van der Waals surface area contributed by atoms with E-state index in [0.717, 1.165) is 18.2 Å². The highest BCUT2D eigenvalue weighted by Crippen LogP contribution is 2.29. The average Bonchev–Trinajstić information content (AvgIpc) is 2.58. The number of aldehydes is 1. The predicted molar refractivity (Wildman–Crippen MR) is 59.0 cm³/mol. The number of rotatable bonds is 2. The number of hydrogen-bond acceptors (Lipinski definition) is 2. The molecule has 1 aromatic heterocycles. The Hall–Kier alpha value is -1.75. The van der Waals surface area contributed by atoms with E-state index < -0.39 is 11.6 Å². The van der Waals surface area contributed by atoms with Gasteiger partial charge in [-0.25, -0.2) is 8.78 Å². The minimum absolute atomic E-state index is 0.0319. The minimum Gasteiger partial charge on any atom is -0.298 e. The van der Waals surface area contributed by atoms with Crippen LogP contribution in [0.2, 0.25) is 5.15 Å². The Kier molecular flexibility index (Phi) is 2.93. The van der Waals surface area contributed by atoms with Gasteiger partial charge in [0.25, 0.3) is 0 Å². The number of carbonyl (C=O) groups is 1. The first-order valence-electron chi connectivity index (χ1n) is 4.67. The van der Waals surface area contributed by atoms with Crippen LogP contribution in [0.3, 0.4) is 0 Å². The first kappa shape index (κ1) is 11.7. The van der Waals surface area contributed by atoms with Crippen molar-refractivity contribution in [1.29, 1.82) is 0 Å². The van der Waals surface area contributed by atoms with Crippen LogP contribution in [0.1, 0.15) is 10.4 Å². The summed E-state index contributed by atoms with van der Waals surface area (Å²) in [5, 5.41) is 3.98. The summed E-state index contributed by atoms with van der Waals surface area (Å²) in [7, 11) is 1.51. The van der Waals surface area contributed by atoms with Crippen LogP contribution in [0.4, 0.5) is 8.78 Å². The Morgan fingerprint density at radius 3 is 2.76 bits per heavy atom. The van der Waals surface area contributed by atoms with Crippen molar-refractivity contribution >= 4 is 17.9 Å². The van der Waals surface area contributed by atoms with Gasteiger partial charge in [0, 0.05) is 12.6 Å². The van der Waals surface area contributed by atoms with Gasteiger partial charge in [0.2, 0.25) is 0 Å². The van der Waals surface area contributed by atoms with Crippen molar-refractivity contribution in [3.63, 3.8) is 0 Å². The molecule has 6 heteroatoms. The lowest BCUT2D eigenvalue weighted by atomic mass is 10.1. The molecule has 0 bridgehead atoms. The third kappa shape index (κ3) is 1.93. The maximum absolute atomic E-state index is 13.5. The van der Waals surface area contributed by atoms with Crippen LogP contribution >= 0.6 is 11.6 Å². The van der Waals surface area contributed by atoms with Crippen LogP contribution in [0, 0.1) is 11.6 Å². The van der Waals surface area contributed by atoms with Crippen LogP contribution in [0.15, 0.2) is 18.2 Å². The summed E-state index contributed by atoms with van der Waals surface area (Å²) in [5.74, 6) is -1.27. The molecule has 2 aromatic rings. The summed E-state index contributed by atoms with van der Waals surface area (Å²) in [6.07, 6.45) is 0.467. The molecule has 3 nitrogen and oxygen atoms in total. The van der Waals surface area contributed by atoms with Crippen LogP contribution in [-0.2, 0) is 7.05 Å². The molecule has 0 radical (unpaired) electrons. The van der Waals surface area contributed by atoms with E-state index in [1.807, 2.05) is 0 Å². The molecule has 0 atom stereocenters. The molecule has 0 saturated carbocycles. The Morgan fingerprint density at radius 2 is 2.12 bits per heavy atom. The van der Waals surface area contributed by atoms with Gasteiger partial charge in [-0.1, -0.05) is 11.6 Å². The van der Waals surface area contributed by atoms with Crippen LogP contribution in [0.5, 0.6) is 0 Å². The Labute approximate surface area is 101 Å². The largest absolute Gasteiger partial charge is 0.298 e. The third-order valence-electron chi connectivity index (χ3n) is 2.31. The fourth-order valence-electron chi connectivity index (χ4n) is 1.50. The molecule has 0 aliphatic carbocycles. The Morgan fingerprint density at radius 1 is 1.41 bits per heavy atom. The smallest absolute Gasteiger partial charge is 0.155 e. The molecule has 88 valence electrons. The molecule has 0 saturated heterocycles. The second-order valence-electron chi connectivity index (χ2n) is 3.42. The van der Waals surface area contributed by atoms with Gasteiger partial charge in [-0.15, -0.1) is 0 Å². The number of aryl methyl sites for hydroxylation is 1. The number of halogens is 3. The summed E-state index contributed by atoms with van der Waals surface area (Å²) in [5.41, 5.74) is -0.0160. The normalized spacial score (nSPS) is 10.6. The molecule has 1 heterocycles. The first-order valence-corrected chi connectivity index (χ1v) is 5.05. The van der Waals surface area contributed by atoms with Crippen LogP contribution < -0.4 is 0 Å². The van der Waals surface area contributed by atoms with Gasteiger partial charge < -0.3 is 0 Å². The van der Waals surface area contributed by atoms with E-state index in [-0.39, 0.29) is 22.0 Å². The summed E-state index contributed by atoms with van der Waals surface area (Å²) in [4.78, 5) is 10.9. The molecule has 0 spiro atoms. The zero-order chi connectivity index (χ0) is 12.6. The summed E-state index contributed by atoms with van der Waals surface area (Å²) >= 11 is 5.81. The SMILES string of the molecule is Cn1nc(-c2cc(F)ccc2F)c(C=O)c1Cl. The zero-order valence-corrected chi connectivity index (χ0v) is 9.50. The highest BCUT2D eigenvalue weighted by Gasteiger charge is 2.18. The van der Waals surface area contributed by atoms with Crippen molar-refractivity contribution in [2.24, 2.45) is 7.05 Å². The number of aromatic nitrogens is 2. The standard InChI is InChI=1S/C11H7ClF2N2O/c1-16-11(12)8(5-17)10(15-16)7-4-6(13)2-3-9(7)14/h2-5H,1H3. The van der Waals surface area contributed by atoms with E-state index in [1.165, 1.54) is 11.7 Å². The molecule has 1 aromatic carbocycles. The van der Waals surface area contributed by atoms with Gasteiger partial charge in [-0.2, -0.15) is 5.10 Å². The molecular formula is C11H7ClF2N2O. The number of hydrogen-bond donors (Lipinski definition) is 0. The first-order chi connectivity index (χ1) is 8.04. The lowest BCUT2D eigenvalue weighted by molar-refractivity contribution is 0.112. The van der Waals surface area contributed by atoms with Crippen molar-refractivity contribution in [3.05, 3.63) is 40.6 Å². The van der Waals surface area contributed by atoms with Crippen molar-refractivity contribution in [2.45, 2.75) is 0 Å². The fraction of sp³-hybridized carbons (Fsp3) is 0.0909. The van der Waals surface area contributed by atoms with E-state index in [4.69, 9.17) is 11.6 Å². The molecular weight excluding hydrogens is 250 g/mol. The fourth-order valence-corrected chi connectivity index (χ4v) is 1.67. The van der Waals surface area contributed by atoms with Gasteiger partial charge in [-0.05, 0) is 18.2 Å². The molecule has 17 heavy (non-hydrogen) atoms. The quantitative estimate of drug-likeness (QED) is 0.775. The summed E-state index contributed by atoms with van der Waals surface area (Å²) in [6.45, 7) is 0. The van der Waals surface area contributed by atoms with E-state index in [1.54, 1.807) is 0 Å². The second kappa shape index (κ2) is 4.25. The lowest BCUT2D eigenvalue weighted by Crippen LogP contribution is -1.92. The molecule has 0 N–H and O–H groups in total. The Balaban J connectivity index is 2.72. The zero-order valence-electron chi connectivity index (χ0n) is 8.75. The van der Waals surface area contributed by atoms with Crippen LogP contribution in [0.25, 0.3) is 11.3 Å². The highest BCUT2D eigenvalue weighted by atomic mass is 35.5. The average molecular weight is 257 g/mol. The Bertz CT molecular complexity index is 595. The molecule has 0 amide bonds. The maximum Gasteiger partial charge on any atom is 0.155 e. The molecule has 2 rings (SSSR count). The van der Waals surface area contributed by atoms with E-state index in [0.29, 0.717) is 6.29 Å². The van der Waals surface area contributed by atoms with Gasteiger partial charge in [-0.3, -0.25) is 9.48 Å². The lowest BCUT2D eigenvalue weighted by Gasteiger charge is -2.00. The molecule has 0 fully saturated rings. The number of nitrogens with zero attached hydrogens (tertiary/aromatic N) is 2. The molecule has 0 unspecified atom stereocenters. The molecule has 0 aliphatic rings. The van der Waals surface area contributed by atoms with Gasteiger partial charge in [0.15, 0.2) is 6.29 Å². The number of benzene rings is 1. The van der Waals surface area contributed by atoms with Crippen molar-refractivity contribution < 1.29 is 13.6 Å². The topological polar surface area (TPSA) is 34.9 Å². The van der Waals surface area contributed by atoms with Gasteiger partial charge in [0.1, 0.15) is 22.5 Å². The van der Waals surface area contributed by atoms with Crippen molar-refractivity contribution in [3.8, 4) is 11.3 Å². The highest BCUT2D eigenvalue weighted by molar-refractivity contribution is 6.32. The van der Waals surface area contributed by atoms with E-state index in [2.05, 4.69) is 5.10 Å². The maximum atomic E-state index is 13.5. The van der Waals surface area contributed by atoms with Gasteiger partial charge >= 0.3 is 0 Å². The van der Waals surface area contributed by atoms with Crippen molar-refractivity contribution in [1.82, 2.24) is 9.78 Å². The summed E-state index contributed by atoms with van der Waals surface area (Å²) in [6, 6.07) is 2.94. The van der Waals surface area contributed by atoms with E-state index >= 15 is 0 Å². The second-order valence-corrected chi connectivity index (χ2v) is 3.78. The van der Waals surface area contributed by atoms with Gasteiger partial charge in [0.05, 0.1) is 5.56 Å². The van der Waals surface area contributed by atoms with Crippen molar-refractivity contribution in [2.75, 3.05) is 0 Å². The minimum atomic E-state index is -0.663. The third-order valence-corrected chi connectivity index (χ3v) is 2.76.